The lowest BCUT2D eigenvalue weighted by Crippen LogP contribution is -2.53. The van der Waals surface area contributed by atoms with Crippen LogP contribution in [0, 0.1) is 0 Å². The number of amides is 1. The van der Waals surface area contributed by atoms with E-state index in [4.69, 9.17) is 0 Å². The molecule has 0 fully saturated rings. The summed E-state index contributed by atoms with van der Waals surface area (Å²) in [7, 11) is 0. The van der Waals surface area contributed by atoms with Crippen molar-refractivity contribution in [3.8, 4) is 0 Å². The van der Waals surface area contributed by atoms with Crippen LogP contribution in [0.5, 0.6) is 0 Å². The predicted molar refractivity (Wildman–Crippen MR) is 187 cm³/mol. The van der Waals surface area contributed by atoms with Gasteiger partial charge in [-0.25, -0.2) is 0 Å². The summed E-state index contributed by atoms with van der Waals surface area (Å²) in [6.45, 7) is 3.97. The van der Waals surface area contributed by atoms with E-state index in [0.717, 1.165) is 57.8 Å². The number of allylic oxidation sites excluding steroid dienone is 6. The van der Waals surface area contributed by atoms with Crippen LogP contribution in [0.2, 0.25) is 0 Å². The molecule has 0 saturated heterocycles. The quantitative estimate of drug-likeness (QED) is 0.0293. The third-order valence-corrected chi connectivity index (χ3v) is 8.35. The molecule has 0 spiro atoms. The molecule has 0 bridgehead atoms. The van der Waals surface area contributed by atoms with E-state index in [1.807, 2.05) is 0 Å². The number of aliphatic hydroxyl groups is 4. The Bertz CT molecular complexity index is 707. The van der Waals surface area contributed by atoms with Gasteiger partial charge < -0.3 is 25.7 Å². The molecule has 44 heavy (non-hydrogen) atoms. The molecule has 0 aliphatic heterocycles. The van der Waals surface area contributed by atoms with Gasteiger partial charge in [-0.05, 0) is 64.2 Å². The van der Waals surface area contributed by atoms with Gasteiger partial charge in [0.1, 0.15) is 12.2 Å². The van der Waals surface area contributed by atoms with Crippen LogP contribution in [0.3, 0.4) is 0 Å². The highest BCUT2D eigenvalue weighted by atomic mass is 16.3. The van der Waals surface area contributed by atoms with Crippen LogP contribution in [-0.2, 0) is 4.79 Å². The summed E-state index contributed by atoms with van der Waals surface area (Å²) < 4.78 is 0. The van der Waals surface area contributed by atoms with Crippen LogP contribution in [0.15, 0.2) is 36.5 Å². The van der Waals surface area contributed by atoms with Crippen molar-refractivity contribution in [1.82, 2.24) is 5.32 Å². The summed E-state index contributed by atoms with van der Waals surface area (Å²) in [6, 6.07) is -1.01. The van der Waals surface area contributed by atoms with Crippen molar-refractivity contribution < 1.29 is 25.2 Å². The lowest BCUT2D eigenvalue weighted by atomic mass is 10.00. The Morgan fingerprint density at radius 1 is 0.568 bits per heavy atom. The van der Waals surface area contributed by atoms with Gasteiger partial charge in [0.25, 0.3) is 0 Å². The number of carbonyl (C=O) groups is 1. The van der Waals surface area contributed by atoms with E-state index in [9.17, 15) is 25.2 Å². The van der Waals surface area contributed by atoms with Gasteiger partial charge in [0, 0.05) is 0 Å². The number of aliphatic hydroxyl groups excluding tert-OH is 4. The molecule has 5 N–H and O–H groups in total. The molecule has 4 atom stereocenters. The standard InChI is InChI=1S/C38H71NO5/c1-3-5-7-9-11-13-15-17-19-21-23-25-27-29-31-35(41)37(43)34(33-40)39-38(44)36(42)32-30-28-26-24-22-20-18-16-14-12-10-8-6-4-2/h12,14,16,18,23,25,34-37,40-43H,3-11,13,15,17,19-22,24,26-33H2,1-2H3,(H,39,44)/b14-12-,18-16-,25-23+. The fourth-order valence-electron chi connectivity index (χ4n) is 5.33. The van der Waals surface area contributed by atoms with E-state index >= 15 is 0 Å². The predicted octanol–water partition coefficient (Wildman–Crippen LogP) is 8.62. The van der Waals surface area contributed by atoms with Gasteiger partial charge in [0.15, 0.2) is 0 Å². The Balaban J connectivity index is 3.91. The second-order valence-corrected chi connectivity index (χ2v) is 12.6. The van der Waals surface area contributed by atoms with Crippen molar-refractivity contribution in [2.24, 2.45) is 0 Å². The maximum Gasteiger partial charge on any atom is 0.249 e. The minimum absolute atomic E-state index is 0.344. The molecule has 0 aliphatic carbocycles. The maximum atomic E-state index is 12.4. The number of nitrogens with one attached hydrogen (secondary N) is 1. The topological polar surface area (TPSA) is 110 Å². The Morgan fingerprint density at radius 2 is 1.00 bits per heavy atom. The van der Waals surface area contributed by atoms with E-state index < -0.39 is 36.9 Å². The first-order chi connectivity index (χ1) is 21.5. The molecular weight excluding hydrogens is 550 g/mol. The second kappa shape index (κ2) is 32.9. The molecule has 258 valence electrons. The molecule has 6 heteroatoms. The van der Waals surface area contributed by atoms with Gasteiger partial charge in [-0.3, -0.25) is 4.79 Å². The molecule has 1 amide bonds. The summed E-state index contributed by atoms with van der Waals surface area (Å²) in [5.41, 5.74) is 0. The number of hydrogen-bond acceptors (Lipinski definition) is 5. The van der Waals surface area contributed by atoms with Gasteiger partial charge in [-0.1, -0.05) is 140 Å². The van der Waals surface area contributed by atoms with Gasteiger partial charge >= 0.3 is 0 Å². The van der Waals surface area contributed by atoms with E-state index in [1.165, 1.54) is 77.0 Å². The molecule has 0 aromatic carbocycles. The number of hydrogen-bond donors (Lipinski definition) is 5. The van der Waals surface area contributed by atoms with Crippen LogP contribution in [-0.4, -0.2) is 57.3 Å². The molecule has 0 heterocycles. The first kappa shape index (κ1) is 42.5. The SMILES string of the molecule is CCCCC/C=C\C=C/CCCCCCCC(O)C(=O)NC(CO)C(O)C(O)CCC/C=C/CCCCCCCCCCC. The van der Waals surface area contributed by atoms with Crippen LogP contribution in [0.25, 0.3) is 0 Å². The third kappa shape index (κ3) is 26.9. The van der Waals surface area contributed by atoms with Crippen molar-refractivity contribution in [2.75, 3.05) is 6.61 Å². The molecule has 0 radical (unpaired) electrons. The number of unbranched alkanes of at least 4 members (excludes halogenated alkanes) is 18. The van der Waals surface area contributed by atoms with Crippen LogP contribution >= 0.6 is 0 Å². The van der Waals surface area contributed by atoms with Crippen LogP contribution in [0.1, 0.15) is 168 Å². The lowest BCUT2D eigenvalue weighted by molar-refractivity contribution is -0.132. The molecule has 0 rings (SSSR count). The molecular formula is C38H71NO5. The van der Waals surface area contributed by atoms with E-state index in [0.29, 0.717) is 19.3 Å². The van der Waals surface area contributed by atoms with Crippen molar-refractivity contribution in [3.05, 3.63) is 36.5 Å². The summed E-state index contributed by atoms with van der Waals surface area (Å²) in [6.07, 6.45) is 35.9. The summed E-state index contributed by atoms with van der Waals surface area (Å²) in [5, 5.41) is 43.4. The van der Waals surface area contributed by atoms with Gasteiger partial charge in [-0.15, -0.1) is 0 Å². The zero-order chi connectivity index (χ0) is 32.5. The Hall–Kier alpha value is -1.47. The largest absolute Gasteiger partial charge is 0.394 e. The number of rotatable bonds is 32. The Labute approximate surface area is 271 Å². The van der Waals surface area contributed by atoms with E-state index in [1.54, 1.807) is 0 Å². The van der Waals surface area contributed by atoms with E-state index in [2.05, 4.69) is 55.6 Å². The normalized spacial score (nSPS) is 15.0. The highest BCUT2D eigenvalue weighted by Crippen LogP contribution is 2.13. The molecule has 0 aromatic heterocycles. The van der Waals surface area contributed by atoms with Crippen molar-refractivity contribution in [2.45, 2.75) is 192 Å². The third-order valence-electron chi connectivity index (χ3n) is 8.35. The zero-order valence-corrected chi connectivity index (χ0v) is 28.6. The Morgan fingerprint density at radius 3 is 1.55 bits per heavy atom. The average Bonchev–Trinajstić information content (AvgIpc) is 3.03. The molecule has 4 unspecified atom stereocenters. The van der Waals surface area contributed by atoms with Crippen LogP contribution in [0.4, 0.5) is 0 Å². The lowest BCUT2D eigenvalue weighted by Gasteiger charge is -2.27. The summed E-state index contributed by atoms with van der Waals surface area (Å²) in [4.78, 5) is 12.4. The van der Waals surface area contributed by atoms with E-state index in [-0.39, 0.29) is 0 Å². The fraction of sp³-hybridized carbons (Fsp3) is 0.816. The molecule has 6 nitrogen and oxygen atoms in total. The number of carbonyl (C=O) groups excluding carboxylic acids is 1. The fourth-order valence-corrected chi connectivity index (χ4v) is 5.33. The molecule has 0 saturated carbocycles. The Kier molecular flexibility index (Phi) is 31.8. The van der Waals surface area contributed by atoms with Crippen molar-refractivity contribution in [1.29, 1.82) is 0 Å². The second-order valence-electron chi connectivity index (χ2n) is 12.6. The highest BCUT2D eigenvalue weighted by Gasteiger charge is 2.28. The van der Waals surface area contributed by atoms with Gasteiger partial charge in [-0.2, -0.15) is 0 Å². The average molecular weight is 622 g/mol. The minimum Gasteiger partial charge on any atom is -0.394 e. The van der Waals surface area contributed by atoms with Crippen molar-refractivity contribution >= 4 is 5.91 Å². The summed E-state index contributed by atoms with van der Waals surface area (Å²) >= 11 is 0. The smallest absolute Gasteiger partial charge is 0.249 e. The first-order valence-electron chi connectivity index (χ1n) is 18.4. The molecule has 0 aromatic rings. The van der Waals surface area contributed by atoms with Gasteiger partial charge in [0.05, 0.1) is 18.8 Å². The minimum atomic E-state index is -1.28. The maximum absolute atomic E-state index is 12.4. The van der Waals surface area contributed by atoms with Crippen molar-refractivity contribution in [3.63, 3.8) is 0 Å². The zero-order valence-electron chi connectivity index (χ0n) is 28.6. The van der Waals surface area contributed by atoms with Gasteiger partial charge in [0.2, 0.25) is 5.91 Å². The molecule has 0 aliphatic rings. The monoisotopic (exact) mass is 622 g/mol. The highest BCUT2D eigenvalue weighted by molar-refractivity contribution is 5.80. The first-order valence-corrected chi connectivity index (χ1v) is 18.4. The summed E-state index contributed by atoms with van der Waals surface area (Å²) in [5.74, 6) is -0.609. The van der Waals surface area contributed by atoms with Crippen LogP contribution < -0.4 is 5.32 Å².